The van der Waals surface area contributed by atoms with Gasteiger partial charge < -0.3 is 10.0 Å². The number of carbonyl (C=O) groups excluding carboxylic acids is 1. The molecule has 3 rings (SSSR count). The number of aromatic nitrogens is 2. The number of nitrogens with zero attached hydrogens (tertiary/aromatic N) is 2. The molecule has 1 fully saturated rings. The van der Waals surface area contributed by atoms with E-state index in [0.717, 1.165) is 16.9 Å². The summed E-state index contributed by atoms with van der Waals surface area (Å²) in [5.74, 6) is 0.115. The number of rotatable bonds is 3. The van der Waals surface area contributed by atoms with Crippen LogP contribution < -0.4 is 4.90 Å². The lowest BCUT2D eigenvalue weighted by Crippen LogP contribution is -2.24. The number of hydrogen-bond acceptors (Lipinski definition) is 3. The summed E-state index contributed by atoms with van der Waals surface area (Å²) in [5, 5.41) is 16.0. The third kappa shape index (κ3) is 2.24. The molecule has 1 unspecified atom stereocenters. The smallest absolute Gasteiger partial charge is 0.227 e. The Balaban J connectivity index is 1.90. The van der Waals surface area contributed by atoms with E-state index in [1.807, 2.05) is 30.3 Å². The fourth-order valence-electron chi connectivity index (χ4n) is 2.41. The molecule has 2 N–H and O–H groups in total. The van der Waals surface area contributed by atoms with Gasteiger partial charge in [-0.3, -0.25) is 9.89 Å². The first-order valence-electron chi connectivity index (χ1n) is 6.29. The highest BCUT2D eigenvalue weighted by atomic mass is 16.3. The third-order valence-corrected chi connectivity index (χ3v) is 3.43. The summed E-state index contributed by atoms with van der Waals surface area (Å²) in [6, 6.07) is 9.66. The van der Waals surface area contributed by atoms with Crippen molar-refractivity contribution in [3.8, 4) is 11.3 Å². The van der Waals surface area contributed by atoms with Crippen LogP contribution in [0.5, 0.6) is 0 Å². The van der Waals surface area contributed by atoms with Crippen molar-refractivity contribution in [2.24, 2.45) is 5.92 Å². The highest BCUT2D eigenvalue weighted by Crippen LogP contribution is 2.28. The maximum Gasteiger partial charge on any atom is 0.227 e. The second-order valence-corrected chi connectivity index (χ2v) is 4.78. The summed E-state index contributed by atoms with van der Waals surface area (Å²) in [4.78, 5) is 13.7. The first-order chi connectivity index (χ1) is 9.28. The van der Waals surface area contributed by atoms with Crippen molar-refractivity contribution in [3.05, 3.63) is 36.5 Å². The number of amides is 1. The van der Waals surface area contributed by atoms with Gasteiger partial charge in [0.1, 0.15) is 0 Å². The maximum absolute atomic E-state index is 11.9. The van der Waals surface area contributed by atoms with Crippen LogP contribution in [-0.2, 0) is 4.79 Å². The molecular formula is C14H15N3O2. The summed E-state index contributed by atoms with van der Waals surface area (Å²) in [5.41, 5.74) is 2.79. The first kappa shape index (κ1) is 11.9. The van der Waals surface area contributed by atoms with Gasteiger partial charge in [-0.05, 0) is 18.2 Å². The minimum Gasteiger partial charge on any atom is -0.396 e. The number of hydrogen-bond donors (Lipinski definition) is 2. The number of carbonyl (C=O) groups is 1. The van der Waals surface area contributed by atoms with Gasteiger partial charge >= 0.3 is 0 Å². The highest BCUT2D eigenvalue weighted by Gasteiger charge is 2.30. The van der Waals surface area contributed by atoms with Crippen LogP contribution in [0.25, 0.3) is 11.3 Å². The standard InChI is InChI=1S/C14H15N3O2/c18-9-10-6-14(19)17(8-10)12-3-1-2-11(7-12)13-4-5-15-16-13/h1-5,7,10,18H,6,8-9H2,(H,15,16). The monoisotopic (exact) mass is 257 g/mol. The predicted octanol–water partition coefficient (Wildman–Crippen LogP) is 1.42. The third-order valence-electron chi connectivity index (χ3n) is 3.43. The van der Waals surface area contributed by atoms with Gasteiger partial charge in [0, 0.05) is 42.9 Å². The van der Waals surface area contributed by atoms with E-state index in [9.17, 15) is 4.79 Å². The van der Waals surface area contributed by atoms with Crippen LogP contribution in [0.1, 0.15) is 6.42 Å². The van der Waals surface area contributed by atoms with E-state index in [4.69, 9.17) is 5.11 Å². The zero-order valence-corrected chi connectivity index (χ0v) is 10.4. The van der Waals surface area contributed by atoms with Crippen LogP contribution in [-0.4, -0.2) is 34.4 Å². The molecule has 1 amide bonds. The van der Waals surface area contributed by atoms with Crippen LogP contribution in [0.15, 0.2) is 36.5 Å². The topological polar surface area (TPSA) is 69.2 Å². The van der Waals surface area contributed by atoms with Crippen molar-refractivity contribution in [1.29, 1.82) is 0 Å². The summed E-state index contributed by atoms with van der Waals surface area (Å²) >= 11 is 0. The lowest BCUT2D eigenvalue weighted by molar-refractivity contribution is -0.117. The Bertz CT molecular complexity index is 580. The number of aliphatic hydroxyl groups excluding tert-OH is 1. The summed E-state index contributed by atoms with van der Waals surface area (Å²) in [7, 11) is 0. The molecule has 0 bridgehead atoms. The van der Waals surface area contributed by atoms with E-state index in [0.29, 0.717) is 13.0 Å². The minimum absolute atomic E-state index is 0.0447. The number of aliphatic hydroxyl groups is 1. The largest absolute Gasteiger partial charge is 0.396 e. The summed E-state index contributed by atoms with van der Waals surface area (Å²) < 4.78 is 0. The van der Waals surface area contributed by atoms with Crippen LogP contribution in [0.3, 0.4) is 0 Å². The fourth-order valence-corrected chi connectivity index (χ4v) is 2.41. The van der Waals surface area contributed by atoms with Crippen LogP contribution in [0.4, 0.5) is 5.69 Å². The van der Waals surface area contributed by atoms with Crippen molar-refractivity contribution in [2.45, 2.75) is 6.42 Å². The Morgan fingerprint density at radius 3 is 3.00 bits per heavy atom. The predicted molar refractivity (Wildman–Crippen MR) is 71.6 cm³/mol. The van der Waals surface area contributed by atoms with Crippen molar-refractivity contribution in [1.82, 2.24) is 10.2 Å². The van der Waals surface area contributed by atoms with Crippen LogP contribution >= 0.6 is 0 Å². The second-order valence-electron chi connectivity index (χ2n) is 4.78. The molecule has 1 saturated heterocycles. The second kappa shape index (κ2) is 4.85. The van der Waals surface area contributed by atoms with Gasteiger partial charge in [0.15, 0.2) is 0 Å². The Morgan fingerprint density at radius 2 is 2.32 bits per heavy atom. The average Bonchev–Trinajstić information content (AvgIpc) is 3.08. The van der Waals surface area contributed by atoms with E-state index < -0.39 is 0 Å². The molecule has 0 aliphatic carbocycles. The van der Waals surface area contributed by atoms with Gasteiger partial charge in [0.2, 0.25) is 5.91 Å². The molecule has 19 heavy (non-hydrogen) atoms. The van der Waals surface area contributed by atoms with Gasteiger partial charge in [0.25, 0.3) is 0 Å². The number of aromatic amines is 1. The van der Waals surface area contributed by atoms with E-state index >= 15 is 0 Å². The fraction of sp³-hybridized carbons (Fsp3) is 0.286. The van der Waals surface area contributed by atoms with E-state index in [2.05, 4.69) is 10.2 Å². The van der Waals surface area contributed by atoms with Gasteiger partial charge in [-0.2, -0.15) is 5.10 Å². The molecule has 0 saturated carbocycles. The van der Waals surface area contributed by atoms with Crippen molar-refractivity contribution in [2.75, 3.05) is 18.1 Å². The van der Waals surface area contributed by atoms with Crippen molar-refractivity contribution < 1.29 is 9.90 Å². The Kier molecular flexibility index (Phi) is 3.05. The summed E-state index contributed by atoms with van der Waals surface area (Å²) in [6.45, 7) is 0.643. The molecule has 0 radical (unpaired) electrons. The zero-order chi connectivity index (χ0) is 13.2. The van der Waals surface area contributed by atoms with Gasteiger partial charge in [-0.15, -0.1) is 0 Å². The molecule has 1 aliphatic heterocycles. The number of nitrogens with one attached hydrogen (secondary N) is 1. The average molecular weight is 257 g/mol. The number of benzene rings is 1. The molecule has 5 nitrogen and oxygen atoms in total. The van der Waals surface area contributed by atoms with E-state index in [1.165, 1.54) is 0 Å². The SMILES string of the molecule is O=C1CC(CO)CN1c1cccc(-c2ccn[nH]2)c1. The quantitative estimate of drug-likeness (QED) is 0.873. The molecule has 2 aromatic rings. The zero-order valence-electron chi connectivity index (χ0n) is 10.4. The minimum atomic E-state index is 0.0447. The lowest BCUT2D eigenvalue weighted by Gasteiger charge is -2.17. The Hall–Kier alpha value is -2.14. The number of H-pyrrole nitrogens is 1. The van der Waals surface area contributed by atoms with E-state index in [-0.39, 0.29) is 18.4 Å². The molecule has 1 atom stereocenters. The molecule has 1 aromatic heterocycles. The molecule has 98 valence electrons. The van der Waals surface area contributed by atoms with Crippen LogP contribution in [0, 0.1) is 5.92 Å². The van der Waals surface area contributed by atoms with Gasteiger partial charge in [0.05, 0.1) is 5.69 Å². The molecule has 1 aromatic carbocycles. The normalized spacial score (nSPS) is 19.1. The molecule has 1 aliphatic rings. The lowest BCUT2D eigenvalue weighted by atomic mass is 10.1. The first-order valence-corrected chi connectivity index (χ1v) is 6.29. The molecule has 2 heterocycles. The summed E-state index contributed by atoms with van der Waals surface area (Å²) in [6.07, 6.45) is 2.12. The number of anilines is 1. The van der Waals surface area contributed by atoms with Gasteiger partial charge in [-0.1, -0.05) is 12.1 Å². The van der Waals surface area contributed by atoms with Crippen molar-refractivity contribution >= 4 is 11.6 Å². The Morgan fingerprint density at radius 1 is 1.42 bits per heavy atom. The van der Waals surface area contributed by atoms with Gasteiger partial charge in [-0.25, -0.2) is 0 Å². The highest BCUT2D eigenvalue weighted by molar-refractivity contribution is 5.96. The molecule has 0 spiro atoms. The molecular weight excluding hydrogens is 242 g/mol. The Labute approximate surface area is 110 Å². The van der Waals surface area contributed by atoms with E-state index in [1.54, 1.807) is 11.1 Å². The van der Waals surface area contributed by atoms with Crippen LogP contribution in [0.2, 0.25) is 0 Å². The maximum atomic E-state index is 11.9. The molecule has 5 heteroatoms. The van der Waals surface area contributed by atoms with Crippen molar-refractivity contribution in [3.63, 3.8) is 0 Å².